The van der Waals surface area contributed by atoms with Crippen molar-refractivity contribution in [2.45, 2.75) is 51.1 Å². The Balaban J connectivity index is 1.85. The summed E-state index contributed by atoms with van der Waals surface area (Å²) in [6.45, 7) is 5.05. The summed E-state index contributed by atoms with van der Waals surface area (Å²) < 4.78 is 41.8. The number of nitrogens with zero attached hydrogens (tertiary/aromatic N) is 3. The van der Waals surface area contributed by atoms with E-state index in [1.54, 1.807) is 21.0 Å². The first-order valence-corrected chi connectivity index (χ1v) is 9.34. The van der Waals surface area contributed by atoms with E-state index in [0.29, 0.717) is 37.8 Å². The lowest BCUT2D eigenvalue weighted by molar-refractivity contribution is -0.00306. The van der Waals surface area contributed by atoms with Gasteiger partial charge in [-0.25, -0.2) is 8.42 Å². The first-order valence-electron chi connectivity index (χ1n) is 7.84. The number of sulfonamides is 1. The monoisotopic (exact) mass is 347 g/mol. The quantitative estimate of drug-likeness (QED) is 0.691. The van der Waals surface area contributed by atoms with Crippen LogP contribution in [0.4, 0.5) is 0 Å². The largest absolute Gasteiger partial charge is 0.384 e. The number of rotatable bonds is 8. The number of aromatic nitrogens is 2. The number of hydrogen-bond acceptors (Lipinski definition) is 7. The SMILES string of the molecule is COCCc1noc(COC2CCCN(S(=O)(=O)C(C)C)C2)n1. The van der Waals surface area contributed by atoms with Crippen LogP contribution in [0.25, 0.3) is 0 Å². The van der Waals surface area contributed by atoms with E-state index in [4.69, 9.17) is 14.0 Å². The van der Waals surface area contributed by atoms with E-state index in [9.17, 15) is 8.42 Å². The maximum atomic E-state index is 12.2. The molecule has 1 aromatic heterocycles. The molecule has 1 aliphatic rings. The summed E-state index contributed by atoms with van der Waals surface area (Å²) >= 11 is 0. The first-order chi connectivity index (χ1) is 10.9. The third-order valence-corrected chi connectivity index (χ3v) is 6.02. The highest BCUT2D eigenvalue weighted by Crippen LogP contribution is 2.20. The molecule has 1 fully saturated rings. The zero-order valence-corrected chi connectivity index (χ0v) is 14.7. The Hall–Kier alpha value is -1.03. The van der Waals surface area contributed by atoms with Crippen molar-refractivity contribution in [1.82, 2.24) is 14.4 Å². The van der Waals surface area contributed by atoms with E-state index in [1.165, 1.54) is 4.31 Å². The lowest BCUT2D eigenvalue weighted by atomic mass is 10.1. The van der Waals surface area contributed by atoms with Crippen LogP contribution in [0.15, 0.2) is 4.52 Å². The molecule has 0 amide bonds. The molecule has 1 saturated heterocycles. The highest BCUT2D eigenvalue weighted by atomic mass is 32.2. The molecule has 2 rings (SSSR count). The van der Waals surface area contributed by atoms with E-state index in [-0.39, 0.29) is 12.7 Å². The lowest BCUT2D eigenvalue weighted by Gasteiger charge is -2.32. The van der Waals surface area contributed by atoms with Crippen molar-refractivity contribution in [1.29, 1.82) is 0 Å². The summed E-state index contributed by atoms with van der Waals surface area (Å²) in [6.07, 6.45) is 2.06. The third-order valence-electron chi connectivity index (χ3n) is 3.78. The third kappa shape index (κ3) is 4.97. The van der Waals surface area contributed by atoms with Crippen LogP contribution in [0.3, 0.4) is 0 Å². The highest BCUT2D eigenvalue weighted by molar-refractivity contribution is 7.89. The Bertz CT molecular complexity index is 587. The van der Waals surface area contributed by atoms with Crippen LogP contribution in [0, 0.1) is 0 Å². The average Bonchev–Trinajstić information content (AvgIpc) is 2.99. The van der Waals surface area contributed by atoms with Crippen molar-refractivity contribution in [3.8, 4) is 0 Å². The fourth-order valence-corrected chi connectivity index (χ4v) is 3.76. The maximum Gasteiger partial charge on any atom is 0.252 e. The van der Waals surface area contributed by atoms with Gasteiger partial charge in [-0.05, 0) is 26.7 Å². The molecule has 0 saturated carbocycles. The summed E-state index contributed by atoms with van der Waals surface area (Å²) in [5.74, 6) is 0.984. The van der Waals surface area contributed by atoms with Crippen LogP contribution in [0.1, 0.15) is 38.4 Å². The van der Waals surface area contributed by atoms with Gasteiger partial charge in [0.1, 0.15) is 6.61 Å². The van der Waals surface area contributed by atoms with E-state index in [2.05, 4.69) is 10.1 Å². The Labute approximate surface area is 137 Å². The zero-order valence-electron chi connectivity index (χ0n) is 13.9. The lowest BCUT2D eigenvalue weighted by Crippen LogP contribution is -2.45. The van der Waals surface area contributed by atoms with Gasteiger partial charge in [-0.3, -0.25) is 0 Å². The Morgan fingerprint density at radius 1 is 1.43 bits per heavy atom. The molecular formula is C14H25N3O5S. The number of methoxy groups -OCH3 is 1. The van der Waals surface area contributed by atoms with Gasteiger partial charge in [0.15, 0.2) is 5.82 Å². The predicted octanol–water partition coefficient (Wildman–Crippen LogP) is 0.978. The molecule has 23 heavy (non-hydrogen) atoms. The van der Waals surface area contributed by atoms with Crippen LogP contribution in [0.5, 0.6) is 0 Å². The molecule has 0 bridgehead atoms. The van der Waals surface area contributed by atoms with Crippen molar-refractivity contribution in [3.63, 3.8) is 0 Å². The van der Waals surface area contributed by atoms with Crippen molar-refractivity contribution in [3.05, 3.63) is 11.7 Å². The molecule has 0 radical (unpaired) electrons. The smallest absolute Gasteiger partial charge is 0.252 e. The van der Waals surface area contributed by atoms with Gasteiger partial charge in [-0.2, -0.15) is 9.29 Å². The van der Waals surface area contributed by atoms with Crippen molar-refractivity contribution in [2.75, 3.05) is 26.8 Å². The molecular weight excluding hydrogens is 322 g/mol. The summed E-state index contributed by atoms with van der Waals surface area (Å²) in [7, 11) is -1.62. The molecule has 9 heteroatoms. The number of ether oxygens (including phenoxy) is 2. The molecule has 2 heterocycles. The normalized spacial score (nSPS) is 20.3. The summed E-state index contributed by atoms with van der Waals surface area (Å²) in [5.41, 5.74) is 0. The zero-order chi connectivity index (χ0) is 16.9. The molecule has 0 N–H and O–H groups in total. The fourth-order valence-electron chi connectivity index (χ4n) is 2.40. The Kier molecular flexibility index (Phi) is 6.51. The summed E-state index contributed by atoms with van der Waals surface area (Å²) in [6, 6.07) is 0. The molecule has 0 aromatic carbocycles. The fraction of sp³-hybridized carbons (Fsp3) is 0.857. The van der Waals surface area contributed by atoms with Gasteiger partial charge in [-0.1, -0.05) is 5.16 Å². The van der Waals surface area contributed by atoms with Crippen LogP contribution in [-0.4, -0.2) is 61.0 Å². The van der Waals surface area contributed by atoms with Gasteiger partial charge >= 0.3 is 0 Å². The minimum atomic E-state index is -3.23. The van der Waals surface area contributed by atoms with Crippen LogP contribution >= 0.6 is 0 Å². The van der Waals surface area contributed by atoms with E-state index < -0.39 is 15.3 Å². The van der Waals surface area contributed by atoms with Gasteiger partial charge in [0.05, 0.1) is 18.0 Å². The molecule has 8 nitrogen and oxygen atoms in total. The number of hydrogen-bond donors (Lipinski definition) is 0. The predicted molar refractivity (Wildman–Crippen MR) is 83.3 cm³/mol. The van der Waals surface area contributed by atoms with Gasteiger partial charge in [-0.15, -0.1) is 0 Å². The molecule has 132 valence electrons. The maximum absolute atomic E-state index is 12.2. The summed E-state index contributed by atoms with van der Waals surface area (Å²) in [4.78, 5) is 4.21. The van der Waals surface area contributed by atoms with E-state index >= 15 is 0 Å². The van der Waals surface area contributed by atoms with Crippen LogP contribution in [-0.2, 0) is 32.5 Å². The van der Waals surface area contributed by atoms with Gasteiger partial charge in [0.25, 0.3) is 5.89 Å². The first kappa shape index (κ1) is 18.3. The van der Waals surface area contributed by atoms with Crippen molar-refractivity contribution >= 4 is 10.0 Å². The molecule has 1 aromatic rings. The molecule has 1 aliphatic heterocycles. The molecule has 1 unspecified atom stereocenters. The minimum absolute atomic E-state index is 0.147. The standard InChI is InChI=1S/C14H25N3O5S/c1-11(2)23(18,19)17-7-4-5-12(9-17)21-10-14-15-13(16-22-14)6-8-20-3/h11-12H,4-10H2,1-3H3. The van der Waals surface area contributed by atoms with Crippen LogP contribution < -0.4 is 0 Å². The molecule has 1 atom stereocenters. The highest BCUT2D eigenvalue weighted by Gasteiger charge is 2.31. The second kappa shape index (κ2) is 8.18. The van der Waals surface area contributed by atoms with Crippen LogP contribution in [0.2, 0.25) is 0 Å². The van der Waals surface area contributed by atoms with E-state index in [1.807, 2.05) is 0 Å². The van der Waals surface area contributed by atoms with E-state index in [0.717, 1.165) is 12.8 Å². The average molecular weight is 347 g/mol. The molecule has 0 aliphatic carbocycles. The second-order valence-corrected chi connectivity index (χ2v) is 8.36. The number of piperidine rings is 1. The van der Waals surface area contributed by atoms with Crippen molar-refractivity contribution < 1.29 is 22.4 Å². The Morgan fingerprint density at radius 2 is 2.22 bits per heavy atom. The van der Waals surface area contributed by atoms with Gasteiger partial charge < -0.3 is 14.0 Å². The second-order valence-electron chi connectivity index (χ2n) is 5.87. The summed E-state index contributed by atoms with van der Waals surface area (Å²) in [5, 5.41) is 3.43. The van der Waals surface area contributed by atoms with Gasteiger partial charge in [0, 0.05) is 26.6 Å². The minimum Gasteiger partial charge on any atom is -0.384 e. The van der Waals surface area contributed by atoms with Gasteiger partial charge in [0.2, 0.25) is 10.0 Å². The molecule has 0 spiro atoms. The topological polar surface area (TPSA) is 94.8 Å². The van der Waals surface area contributed by atoms with Crippen molar-refractivity contribution in [2.24, 2.45) is 0 Å². The Morgan fingerprint density at radius 3 is 2.91 bits per heavy atom.